The monoisotopic (exact) mass is 1060 g/mol. The minimum atomic E-state index is -2.20. The van der Waals surface area contributed by atoms with Gasteiger partial charge in [-0.2, -0.15) is 13.1 Å². The van der Waals surface area contributed by atoms with Crippen LogP contribution in [0.4, 0.5) is 87.8 Å². The van der Waals surface area contributed by atoms with Gasteiger partial charge in [-0.15, -0.1) is 0 Å². The van der Waals surface area contributed by atoms with Crippen LogP contribution in [0.15, 0.2) is 19.6 Å². The minimum Gasteiger partial charge on any atom is -0.774 e. The van der Waals surface area contributed by atoms with Crippen LogP contribution in [0.25, 0.3) is 5.32 Å². The maximum absolute atomic E-state index is 12.3. The first-order valence-electron chi connectivity index (χ1n) is 17.1. The zero-order valence-corrected chi connectivity index (χ0v) is 38.4. The van der Waals surface area contributed by atoms with Gasteiger partial charge in [-0.1, -0.05) is 33.4 Å². The molecule has 0 amide bonds. The molecule has 0 spiro atoms. The molecule has 0 heterocycles. The molecule has 0 aliphatic rings. The van der Waals surface area contributed by atoms with E-state index in [1.807, 2.05) is 13.8 Å². The Morgan fingerprint density at radius 2 is 0.375 bits per heavy atom. The van der Waals surface area contributed by atoms with Crippen molar-refractivity contribution in [3.05, 3.63) is 122 Å². The Kier molecular flexibility index (Phi) is 36.2. The molecular formula is C36H34F20N3S4Ti. The first-order valence-corrected chi connectivity index (χ1v) is 18.7. The van der Waals surface area contributed by atoms with E-state index in [0.717, 1.165) is 13.1 Å². The minimum absolute atomic E-state index is 0. The van der Waals surface area contributed by atoms with E-state index in [1.54, 1.807) is 0 Å². The summed E-state index contributed by atoms with van der Waals surface area (Å²) in [6.07, 6.45) is 0. The third-order valence-corrected chi connectivity index (χ3v) is 7.71. The van der Waals surface area contributed by atoms with Crippen molar-refractivity contribution in [2.24, 2.45) is 0 Å². The van der Waals surface area contributed by atoms with Gasteiger partial charge in [0.1, 0.15) is 46.5 Å². The van der Waals surface area contributed by atoms with Gasteiger partial charge in [0, 0.05) is 0 Å². The molecule has 4 aromatic rings. The smallest absolute Gasteiger partial charge is 0.774 e. The topological polar surface area (TPSA) is 47.3 Å². The standard InChI is InChI=1S/4C6HF5S.2C4H11N.C4H10N.Ti/c4*7-1-2(8)4(10)6(12)5(11)3(1)9;3*1-3-5-4-2;/h4*12H;2*5H,3-4H2,1-2H3;3-4H2,1-2H3;/q;;;;;;-1;+3/p-2. The van der Waals surface area contributed by atoms with Crippen LogP contribution < -0.4 is 10.6 Å². The number of halogens is 20. The summed E-state index contributed by atoms with van der Waals surface area (Å²) in [6.45, 7) is 19.5. The van der Waals surface area contributed by atoms with Crippen LogP contribution in [-0.4, -0.2) is 39.3 Å². The molecule has 3 nitrogen and oxygen atoms in total. The molecular weight excluding hydrogens is 1030 g/mol. The zero-order chi connectivity index (χ0) is 50.2. The number of hydrogen-bond donors (Lipinski definition) is 2. The predicted octanol–water partition coefficient (Wildman–Crippen LogP) is 9.73. The van der Waals surface area contributed by atoms with Crippen LogP contribution in [-0.2, 0) is 72.2 Å². The number of rotatable bonds is 6. The Balaban J connectivity index is -0.000000338. The van der Waals surface area contributed by atoms with Crippen LogP contribution in [0.2, 0.25) is 0 Å². The summed E-state index contributed by atoms with van der Waals surface area (Å²) in [7, 11) is 0. The fourth-order valence-electron chi connectivity index (χ4n) is 3.14. The van der Waals surface area contributed by atoms with Crippen molar-refractivity contribution in [1.29, 1.82) is 0 Å². The Morgan fingerprint density at radius 1 is 0.266 bits per heavy atom. The van der Waals surface area contributed by atoms with Gasteiger partial charge in [-0.3, -0.25) is 0 Å². The normalized spacial score (nSPS) is 9.78. The number of benzene rings is 4. The van der Waals surface area contributed by atoms with Gasteiger partial charge in [0.05, 0.1) is 26.2 Å². The summed E-state index contributed by atoms with van der Waals surface area (Å²) in [4.78, 5) is -5.14. The van der Waals surface area contributed by atoms with E-state index < -0.39 is 136 Å². The summed E-state index contributed by atoms with van der Waals surface area (Å²) in [5.74, 6) is -40.7. The van der Waals surface area contributed by atoms with E-state index in [9.17, 15) is 87.8 Å². The molecule has 0 fully saturated rings. The number of nitrogens with zero attached hydrogens (tertiary/aromatic N) is 1. The molecule has 0 aromatic heterocycles. The van der Waals surface area contributed by atoms with Crippen LogP contribution in [0.3, 0.4) is 0 Å². The number of quaternary nitrogens is 2. The van der Waals surface area contributed by atoms with Crippen LogP contribution in [0.1, 0.15) is 41.5 Å². The Hall–Kier alpha value is -3.05. The molecule has 0 aliphatic carbocycles. The van der Waals surface area contributed by atoms with Gasteiger partial charge < -0.3 is 66.5 Å². The fourth-order valence-corrected chi connectivity index (χ4v) is 3.86. The maximum Gasteiger partial charge on any atom is 3.00 e. The van der Waals surface area contributed by atoms with Gasteiger partial charge in [0.15, 0.2) is 69.8 Å². The van der Waals surface area contributed by atoms with Gasteiger partial charge in [-0.25, -0.2) is 87.8 Å². The van der Waals surface area contributed by atoms with Crippen LogP contribution in [0, 0.1) is 116 Å². The van der Waals surface area contributed by atoms with Crippen molar-refractivity contribution in [3.8, 4) is 0 Å². The van der Waals surface area contributed by atoms with Crippen LogP contribution in [0.5, 0.6) is 0 Å². The second kappa shape index (κ2) is 34.3. The largest absolute Gasteiger partial charge is 3.00 e. The van der Waals surface area contributed by atoms with Crippen molar-refractivity contribution in [3.63, 3.8) is 0 Å². The summed E-state index contributed by atoms with van der Waals surface area (Å²) in [5.41, 5.74) is 0. The molecule has 4 N–H and O–H groups in total. The van der Waals surface area contributed by atoms with Gasteiger partial charge in [-0.05, 0) is 27.7 Å². The molecule has 4 rings (SSSR count). The molecule has 0 unspecified atom stereocenters. The molecule has 361 valence electrons. The Bertz CT molecular complexity index is 1360. The van der Waals surface area contributed by atoms with Crippen molar-refractivity contribution < 1.29 is 120 Å². The second-order valence-corrected chi connectivity index (χ2v) is 12.3. The molecule has 0 saturated heterocycles. The first kappa shape index (κ1) is 67.5. The van der Waals surface area contributed by atoms with E-state index in [2.05, 4.69) is 94.2 Å². The molecule has 0 aliphatic heterocycles. The Labute approximate surface area is 391 Å². The van der Waals surface area contributed by atoms with Crippen molar-refractivity contribution in [2.45, 2.75) is 61.1 Å². The van der Waals surface area contributed by atoms with E-state index in [4.69, 9.17) is 0 Å². The van der Waals surface area contributed by atoms with Gasteiger partial charge >= 0.3 is 21.7 Å². The van der Waals surface area contributed by atoms with E-state index in [1.165, 1.54) is 26.2 Å². The van der Waals surface area contributed by atoms with Crippen molar-refractivity contribution in [1.82, 2.24) is 0 Å². The van der Waals surface area contributed by atoms with Crippen LogP contribution >= 0.6 is 0 Å². The Morgan fingerprint density at radius 3 is 0.438 bits per heavy atom. The SMILES string of the molecule is CC[N-]CC.CC[NH2+]CC.CC[NH2+]CC.Fc1c(F)c(F)c([S-])c(F)c1F.Fc1c(F)c(F)c([S-])c(F)c1F.Fc1c(F)c(F)c([S-])c(F)c1F.Fc1c(F)c(F)c([S-])c(F)c1F.[Ti+3]. The molecule has 0 bridgehead atoms. The third-order valence-electron chi connectivity index (χ3n) is 6.28. The van der Waals surface area contributed by atoms with E-state index in [-0.39, 0.29) is 21.7 Å². The molecule has 64 heavy (non-hydrogen) atoms. The average Bonchev–Trinajstić information content (AvgIpc) is 3.28. The number of hydrogen-bond acceptors (Lipinski definition) is 4. The average molecular weight is 1060 g/mol. The van der Waals surface area contributed by atoms with Crippen molar-refractivity contribution >= 4 is 50.5 Å². The molecule has 4 aromatic carbocycles. The molecule has 0 saturated carbocycles. The summed E-state index contributed by atoms with van der Waals surface area (Å²) < 4.78 is 245. The quantitative estimate of drug-likeness (QED) is 0.0665. The van der Waals surface area contributed by atoms with E-state index >= 15 is 0 Å². The first-order chi connectivity index (χ1) is 29.1. The van der Waals surface area contributed by atoms with Gasteiger partial charge in [0.2, 0.25) is 0 Å². The van der Waals surface area contributed by atoms with E-state index in [0.29, 0.717) is 0 Å². The maximum atomic E-state index is 12.3. The summed E-state index contributed by atoms with van der Waals surface area (Å²) in [5, 5.41) is 8.47. The summed E-state index contributed by atoms with van der Waals surface area (Å²) in [6, 6.07) is 0. The molecule has 0 atom stereocenters. The predicted molar refractivity (Wildman–Crippen MR) is 198 cm³/mol. The van der Waals surface area contributed by atoms with Gasteiger partial charge in [0.25, 0.3) is 0 Å². The third kappa shape index (κ3) is 20.2. The number of nitrogens with two attached hydrogens (primary N) is 2. The second-order valence-electron chi connectivity index (χ2n) is 10.7. The molecule has 28 heteroatoms. The summed E-state index contributed by atoms with van der Waals surface area (Å²) >= 11 is 15.7. The zero-order valence-electron chi connectivity index (χ0n) is 33.5. The fraction of sp³-hybridized carbons (Fsp3) is 0.333. The molecule has 1 radical (unpaired) electrons. The van der Waals surface area contributed by atoms with Crippen molar-refractivity contribution in [2.75, 3.05) is 39.3 Å².